The number of carbonyl (C=O) groups excluding carboxylic acids is 1. The summed E-state index contributed by atoms with van der Waals surface area (Å²) in [6, 6.07) is 16.3. The number of benzene rings is 2. The van der Waals surface area contributed by atoms with E-state index in [1.165, 1.54) is 14.2 Å². The van der Waals surface area contributed by atoms with Crippen LogP contribution >= 0.6 is 11.6 Å². The SMILES string of the molecule is COC(=O)N(OC)c1ccccc1COc1ccn(-c2ccc(Cl)cc2)n1.N=C(N)NC(=N)N. The van der Waals surface area contributed by atoms with Crippen molar-refractivity contribution in [2.75, 3.05) is 19.3 Å². The Morgan fingerprint density at radius 1 is 1.09 bits per heavy atom. The highest BCUT2D eigenvalue weighted by Gasteiger charge is 2.19. The third-order valence-corrected chi connectivity index (χ3v) is 4.29. The first kappa shape index (κ1) is 26.0. The molecule has 0 radical (unpaired) electrons. The van der Waals surface area contributed by atoms with E-state index in [-0.39, 0.29) is 18.5 Å². The molecular weight excluding hydrogens is 464 g/mol. The standard InChI is InChI=1S/C19H18ClN3O4.C2H7N5/c1-25-19(24)23(26-2)17-6-4-3-5-14(17)13-27-18-11-12-22(21-18)16-9-7-15(20)8-10-16;3-1(4)7-2(5)6/h3-12H,13H2,1-2H3;(H7,3,4,5,6,7). The average Bonchev–Trinajstić information content (AvgIpc) is 3.28. The normalized spacial score (nSPS) is 9.85. The van der Waals surface area contributed by atoms with Gasteiger partial charge in [0.15, 0.2) is 11.9 Å². The van der Waals surface area contributed by atoms with Crippen molar-refractivity contribution in [1.82, 2.24) is 15.1 Å². The van der Waals surface area contributed by atoms with Crippen LogP contribution in [0.5, 0.6) is 5.88 Å². The molecule has 34 heavy (non-hydrogen) atoms. The molecule has 0 bridgehead atoms. The van der Waals surface area contributed by atoms with Gasteiger partial charge in [-0.15, -0.1) is 5.10 Å². The Balaban J connectivity index is 0.000000509. The number of anilines is 1. The van der Waals surface area contributed by atoms with Crippen LogP contribution in [0, 0.1) is 10.8 Å². The molecule has 0 unspecified atom stereocenters. The first-order valence-electron chi connectivity index (χ1n) is 9.64. The summed E-state index contributed by atoms with van der Waals surface area (Å²) in [7, 11) is 2.68. The molecule has 3 aromatic rings. The number of hydrogen-bond donors (Lipinski definition) is 5. The van der Waals surface area contributed by atoms with Crippen molar-refractivity contribution in [3.05, 3.63) is 71.4 Å². The van der Waals surface area contributed by atoms with Crippen LogP contribution < -0.4 is 26.6 Å². The zero-order valence-electron chi connectivity index (χ0n) is 18.5. The zero-order valence-corrected chi connectivity index (χ0v) is 19.2. The van der Waals surface area contributed by atoms with Crippen LogP contribution in [0.3, 0.4) is 0 Å². The largest absolute Gasteiger partial charge is 0.472 e. The van der Waals surface area contributed by atoms with E-state index >= 15 is 0 Å². The summed E-state index contributed by atoms with van der Waals surface area (Å²) in [5.41, 5.74) is 11.6. The maximum absolute atomic E-state index is 11.9. The van der Waals surface area contributed by atoms with Crippen molar-refractivity contribution < 1.29 is 19.1 Å². The molecule has 0 aliphatic heterocycles. The fraction of sp³-hybridized carbons (Fsp3) is 0.143. The molecule has 3 rings (SSSR count). The molecule has 0 aliphatic rings. The number of amides is 1. The number of hydrogen-bond acceptors (Lipinski definition) is 7. The molecule has 0 saturated heterocycles. The average molecular weight is 489 g/mol. The van der Waals surface area contributed by atoms with Crippen LogP contribution in [0.15, 0.2) is 60.8 Å². The Kier molecular flexibility index (Phi) is 9.68. The second-order valence-electron chi connectivity index (χ2n) is 6.39. The van der Waals surface area contributed by atoms with Crippen molar-refractivity contribution in [3.63, 3.8) is 0 Å². The van der Waals surface area contributed by atoms with Gasteiger partial charge in [0.1, 0.15) is 6.61 Å². The minimum atomic E-state index is -0.628. The van der Waals surface area contributed by atoms with Crippen LogP contribution in [0.25, 0.3) is 5.69 Å². The maximum Gasteiger partial charge on any atom is 0.438 e. The van der Waals surface area contributed by atoms with Gasteiger partial charge in [-0.05, 0) is 30.3 Å². The van der Waals surface area contributed by atoms with Crippen molar-refractivity contribution >= 4 is 35.3 Å². The van der Waals surface area contributed by atoms with E-state index in [1.807, 2.05) is 29.6 Å². The Bertz CT molecular complexity index is 1110. The lowest BCUT2D eigenvalue weighted by Crippen LogP contribution is -2.39. The van der Waals surface area contributed by atoms with Crippen LogP contribution in [0.2, 0.25) is 5.02 Å². The van der Waals surface area contributed by atoms with Crippen LogP contribution in [-0.4, -0.2) is 42.0 Å². The quantitative estimate of drug-likeness (QED) is 0.199. The van der Waals surface area contributed by atoms with E-state index in [2.05, 4.69) is 5.10 Å². The minimum absolute atomic E-state index is 0.199. The van der Waals surface area contributed by atoms with Gasteiger partial charge >= 0.3 is 6.09 Å². The predicted octanol–water partition coefficient (Wildman–Crippen LogP) is 2.60. The Morgan fingerprint density at radius 2 is 1.74 bits per heavy atom. The molecule has 0 saturated carbocycles. The smallest absolute Gasteiger partial charge is 0.438 e. The summed E-state index contributed by atoms with van der Waals surface area (Å²) in [6.07, 6.45) is 1.16. The number of ether oxygens (including phenoxy) is 2. The van der Waals surface area contributed by atoms with Crippen molar-refractivity contribution in [2.24, 2.45) is 11.5 Å². The molecule has 12 nitrogen and oxygen atoms in total. The fourth-order valence-corrected chi connectivity index (χ4v) is 2.73. The number of guanidine groups is 2. The van der Waals surface area contributed by atoms with Crippen LogP contribution in [0.1, 0.15) is 5.56 Å². The van der Waals surface area contributed by atoms with Gasteiger partial charge in [-0.3, -0.25) is 21.0 Å². The number of hydroxylamine groups is 1. The molecule has 1 heterocycles. The number of halogens is 1. The van der Waals surface area contributed by atoms with Gasteiger partial charge in [0.25, 0.3) is 0 Å². The van der Waals surface area contributed by atoms with Gasteiger partial charge < -0.3 is 20.9 Å². The summed E-state index contributed by atoms with van der Waals surface area (Å²) >= 11 is 5.91. The van der Waals surface area contributed by atoms with E-state index < -0.39 is 6.09 Å². The van der Waals surface area contributed by atoms with E-state index in [9.17, 15) is 4.79 Å². The molecule has 1 amide bonds. The molecule has 1 aromatic heterocycles. The minimum Gasteiger partial charge on any atom is -0.472 e. The number of methoxy groups -OCH3 is 1. The van der Waals surface area contributed by atoms with Gasteiger partial charge in [-0.1, -0.05) is 29.8 Å². The summed E-state index contributed by atoms with van der Waals surface area (Å²) in [5, 5.41) is 21.1. The number of para-hydroxylation sites is 1. The van der Waals surface area contributed by atoms with Crippen LogP contribution in [0.4, 0.5) is 10.5 Å². The lowest BCUT2D eigenvalue weighted by molar-refractivity contribution is 0.115. The van der Waals surface area contributed by atoms with E-state index in [4.69, 9.17) is 48.2 Å². The highest BCUT2D eigenvalue weighted by molar-refractivity contribution is 6.30. The van der Waals surface area contributed by atoms with Gasteiger partial charge in [-0.25, -0.2) is 9.48 Å². The molecule has 13 heteroatoms. The van der Waals surface area contributed by atoms with Gasteiger partial charge in [0.2, 0.25) is 5.88 Å². The second-order valence-corrected chi connectivity index (χ2v) is 6.83. The van der Waals surface area contributed by atoms with Crippen molar-refractivity contribution in [1.29, 1.82) is 10.8 Å². The van der Waals surface area contributed by atoms with E-state index in [1.54, 1.807) is 41.2 Å². The maximum atomic E-state index is 11.9. The number of carbonyl (C=O) groups is 1. The monoisotopic (exact) mass is 488 g/mol. The summed E-state index contributed by atoms with van der Waals surface area (Å²) < 4.78 is 12.2. The number of nitrogens with zero attached hydrogens (tertiary/aromatic N) is 3. The van der Waals surface area contributed by atoms with Gasteiger partial charge in [0.05, 0.1) is 25.6 Å². The van der Waals surface area contributed by atoms with E-state index in [0.717, 1.165) is 16.3 Å². The van der Waals surface area contributed by atoms with Crippen molar-refractivity contribution in [3.8, 4) is 11.6 Å². The summed E-state index contributed by atoms with van der Waals surface area (Å²) in [6.45, 7) is 0.199. The van der Waals surface area contributed by atoms with E-state index in [0.29, 0.717) is 16.6 Å². The number of nitrogens with one attached hydrogen (secondary N) is 3. The third kappa shape index (κ3) is 7.69. The molecule has 180 valence electrons. The first-order valence-corrected chi connectivity index (χ1v) is 10.0. The molecule has 0 fully saturated rings. The highest BCUT2D eigenvalue weighted by Crippen LogP contribution is 2.23. The third-order valence-electron chi connectivity index (χ3n) is 4.03. The van der Waals surface area contributed by atoms with Crippen LogP contribution in [-0.2, 0) is 16.2 Å². The lowest BCUT2D eigenvalue weighted by atomic mass is 10.2. The fourth-order valence-electron chi connectivity index (χ4n) is 2.60. The number of rotatable bonds is 6. The van der Waals surface area contributed by atoms with Gasteiger partial charge in [-0.2, -0.15) is 5.06 Å². The van der Waals surface area contributed by atoms with Crippen molar-refractivity contribution in [2.45, 2.75) is 6.61 Å². The second kappa shape index (κ2) is 12.7. The predicted molar refractivity (Wildman–Crippen MR) is 128 cm³/mol. The Hall–Kier alpha value is -4.29. The Morgan fingerprint density at radius 3 is 2.29 bits per heavy atom. The Labute approximate surface area is 200 Å². The molecular formula is C21H25ClN8O4. The number of aromatic nitrogens is 2. The molecule has 0 spiro atoms. The highest BCUT2D eigenvalue weighted by atomic mass is 35.5. The molecule has 0 atom stereocenters. The number of nitrogens with two attached hydrogens (primary N) is 2. The zero-order chi connectivity index (χ0) is 25.1. The topological polar surface area (TPSA) is 178 Å². The molecule has 7 N–H and O–H groups in total. The molecule has 0 aliphatic carbocycles. The first-order chi connectivity index (χ1) is 16.2. The van der Waals surface area contributed by atoms with Gasteiger partial charge in [0, 0.05) is 22.8 Å². The summed E-state index contributed by atoms with van der Waals surface area (Å²) in [5.74, 6) is -0.179. The lowest BCUT2D eigenvalue weighted by Gasteiger charge is -2.20. The molecule has 2 aromatic carbocycles. The summed E-state index contributed by atoms with van der Waals surface area (Å²) in [4.78, 5) is 17.0.